The van der Waals surface area contributed by atoms with Gasteiger partial charge in [-0.15, -0.1) is 0 Å². The summed E-state index contributed by atoms with van der Waals surface area (Å²) in [7, 11) is 2.19. The van der Waals surface area contributed by atoms with Crippen LogP contribution in [0.1, 0.15) is 45.6 Å². The third-order valence-corrected chi connectivity index (χ3v) is 4.03. The second-order valence-electron chi connectivity index (χ2n) is 7.03. The fourth-order valence-electron chi connectivity index (χ4n) is 2.59. The van der Waals surface area contributed by atoms with E-state index in [0.29, 0.717) is 6.04 Å². The van der Waals surface area contributed by atoms with Gasteiger partial charge in [0.2, 0.25) is 0 Å². The molecule has 0 bridgehead atoms. The number of likely N-dealkylation sites (tertiary alicyclic amines) is 1. The van der Waals surface area contributed by atoms with E-state index < -0.39 is 0 Å². The van der Waals surface area contributed by atoms with Gasteiger partial charge in [0.25, 0.3) is 0 Å². The van der Waals surface area contributed by atoms with E-state index in [2.05, 4.69) is 43.0 Å². The molecule has 2 rings (SSSR count). The number of likely N-dealkylation sites (N-methyl/N-ethyl adjacent to an activating group) is 1. The van der Waals surface area contributed by atoms with Crippen LogP contribution in [-0.4, -0.2) is 41.7 Å². The molecule has 1 aliphatic heterocycles. The maximum atomic E-state index is 6.07. The zero-order valence-electron chi connectivity index (χ0n) is 13.9. The van der Waals surface area contributed by atoms with Crippen LogP contribution in [0.4, 0.5) is 0 Å². The van der Waals surface area contributed by atoms with Gasteiger partial charge in [-0.25, -0.2) is 0 Å². The summed E-state index contributed by atoms with van der Waals surface area (Å²) >= 11 is 0. The highest BCUT2D eigenvalue weighted by Crippen LogP contribution is 2.20. The molecule has 0 radical (unpaired) electrons. The van der Waals surface area contributed by atoms with E-state index in [1.54, 1.807) is 0 Å². The fraction of sp³-hybridized carbons (Fsp3) is 0.706. The normalized spacial score (nSPS) is 20.5. The number of piperidine rings is 1. The minimum atomic E-state index is 0.101. The fourth-order valence-corrected chi connectivity index (χ4v) is 2.59. The van der Waals surface area contributed by atoms with Crippen molar-refractivity contribution in [3.8, 4) is 5.75 Å². The van der Waals surface area contributed by atoms with Gasteiger partial charge in [-0.1, -0.05) is 6.42 Å². The Bertz CT molecular complexity index is 442. The summed E-state index contributed by atoms with van der Waals surface area (Å²) in [6.45, 7) is 9.26. The largest absolute Gasteiger partial charge is 0.490 e. The molecular formula is C17H29N3O. The predicted octanol–water partition coefficient (Wildman–Crippen LogP) is 2.83. The van der Waals surface area contributed by atoms with Crippen LogP contribution in [0.2, 0.25) is 0 Å². The monoisotopic (exact) mass is 291 g/mol. The molecule has 1 atom stereocenters. The van der Waals surface area contributed by atoms with Crippen LogP contribution in [0, 0.1) is 0 Å². The minimum Gasteiger partial charge on any atom is -0.490 e. The van der Waals surface area contributed by atoms with Crippen molar-refractivity contribution in [3.05, 3.63) is 24.0 Å². The molecule has 118 valence electrons. The number of pyridine rings is 1. The predicted molar refractivity (Wildman–Crippen MR) is 86.6 cm³/mol. The van der Waals surface area contributed by atoms with Gasteiger partial charge in [-0.2, -0.15) is 0 Å². The van der Waals surface area contributed by atoms with Crippen LogP contribution < -0.4 is 10.1 Å². The molecule has 0 amide bonds. The molecular weight excluding hydrogens is 262 g/mol. The van der Waals surface area contributed by atoms with Crippen LogP contribution >= 0.6 is 0 Å². The van der Waals surface area contributed by atoms with E-state index in [-0.39, 0.29) is 5.54 Å². The third kappa shape index (κ3) is 5.29. The molecule has 0 saturated carbocycles. The SMILES string of the molecule is CN1CCCCC1COc1cnccc1CNC(C)(C)C. The quantitative estimate of drug-likeness (QED) is 0.905. The summed E-state index contributed by atoms with van der Waals surface area (Å²) < 4.78 is 6.07. The van der Waals surface area contributed by atoms with E-state index in [1.807, 2.05) is 18.5 Å². The van der Waals surface area contributed by atoms with Gasteiger partial charge in [0.05, 0.1) is 6.20 Å². The van der Waals surface area contributed by atoms with E-state index >= 15 is 0 Å². The molecule has 1 saturated heterocycles. The molecule has 4 nitrogen and oxygen atoms in total. The highest BCUT2D eigenvalue weighted by Gasteiger charge is 2.20. The van der Waals surface area contributed by atoms with Crippen molar-refractivity contribution < 1.29 is 4.74 Å². The Hall–Kier alpha value is -1.13. The molecule has 1 aromatic rings. The van der Waals surface area contributed by atoms with Crippen molar-refractivity contribution in [1.82, 2.24) is 15.2 Å². The second-order valence-corrected chi connectivity index (χ2v) is 7.03. The molecule has 2 heterocycles. The molecule has 21 heavy (non-hydrogen) atoms. The van der Waals surface area contributed by atoms with Crippen LogP contribution in [0.3, 0.4) is 0 Å². The van der Waals surface area contributed by atoms with Gasteiger partial charge in [0, 0.05) is 29.9 Å². The lowest BCUT2D eigenvalue weighted by atomic mass is 10.0. The Kier molecular flexibility index (Phi) is 5.59. The number of ether oxygens (including phenoxy) is 1. The smallest absolute Gasteiger partial charge is 0.142 e. The van der Waals surface area contributed by atoms with E-state index in [0.717, 1.165) is 18.9 Å². The van der Waals surface area contributed by atoms with Gasteiger partial charge < -0.3 is 15.0 Å². The van der Waals surface area contributed by atoms with Crippen LogP contribution in [0.5, 0.6) is 5.75 Å². The molecule has 1 aliphatic rings. The van der Waals surface area contributed by atoms with Crippen molar-refractivity contribution in [2.75, 3.05) is 20.2 Å². The van der Waals surface area contributed by atoms with E-state index in [4.69, 9.17) is 4.74 Å². The van der Waals surface area contributed by atoms with Gasteiger partial charge in [-0.05, 0) is 53.3 Å². The molecule has 0 spiro atoms. The first-order chi connectivity index (χ1) is 9.96. The van der Waals surface area contributed by atoms with Gasteiger partial charge in [0.15, 0.2) is 0 Å². The van der Waals surface area contributed by atoms with Gasteiger partial charge >= 0.3 is 0 Å². The van der Waals surface area contributed by atoms with E-state index in [9.17, 15) is 0 Å². The average Bonchev–Trinajstić information content (AvgIpc) is 2.44. The lowest BCUT2D eigenvalue weighted by Gasteiger charge is -2.32. The van der Waals surface area contributed by atoms with Gasteiger partial charge in [0.1, 0.15) is 12.4 Å². The first kappa shape index (κ1) is 16.2. The maximum Gasteiger partial charge on any atom is 0.142 e. The van der Waals surface area contributed by atoms with E-state index in [1.165, 1.54) is 31.4 Å². The molecule has 1 aromatic heterocycles. The Balaban J connectivity index is 1.93. The molecule has 0 aliphatic carbocycles. The summed E-state index contributed by atoms with van der Waals surface area (Å²) in [5.41, 5.74) is 1.28. The molecule has 1 unspecified atom stereocenters. The van der Waals surface area contributed by atoms with Crippen LogP contribution in [0.25, 0.3) is 0 Å². The molecule has 0 aromatic carbocycles. The minimum absolute atomic E-state index is 0.101. The van der Waals surface area contributed by atoms with Crippen molar-refractivity contribution in [2.45, 2.75) is 58.2 Å². The number of hydrogen-bond donors (Lipinski definition) is 1. The first-order valence-corrected chi connectivity index (χ1v) is 7.97. The lowest BCUT2D eigenvalue weighted by molar-refractivity contribution is 0.124. The summed E-state index contributed by atoms with van der Waals surface area (Å²) in [5, 5.41) is 3.51. The summed E-state index contributed by atoms with van der Waals surface area (Å²) in [4.78, 5) is 6.62. The van der Waals surface area contributed by atoms with Crippen molar-refractivity contribution in [2.24, 2.45) is 0 Å². The third-order valence-electron chi connectivity index (χ3n) is 4.03. The highest BCUT2D eigenvalue weighted by molar-refractivity contribution is 5.29. The highest BCUT2D eigenvalue weighted by atomic mass is 16.5. The topological polar surface area (TPSA) is 37.4 Å². The Morgan fingerprint density at radius 3 is 2.90 bits per heavy atom. The molecule has 4 heteroatoms. The zero-order valence-corrected chi connectivity index (χ0v) is 13.9. The number of rotatable bonds is 5. The summed E-state index contributed by atoms with van der Waals surface area (Å²) in [6.07, 6.45) is 7.51. The van der Waals surface area contributed by atoms with Crippen molar-refractivity contribution in [3.63, 3.8) is 0 Å². The summed E-state index contributed by atoms with van der Waals surface area (Å²) in [5.74, 6) is 0.910. The second kappa shape index (κ2) is 7.23. The van der Waals surface area contributed by atoms with Crippen LogP contribution in [-0.2, 0) is 6.54 Å². The van der Waals surface area contributed by atoms with Crippen LogP contribution in [0.15, 0.2) is 18.5 Å². The Labute approximate surface area is 128 Å². The first-order valence-electron chi connectivity index (χ1n) is 7.97. The Morgan fingerprint density at radius 2 is 2.19 bits per heavy atom. The van der Waals surface area contributed by atoms with Crippen molar-refractivity contribution >= 4 is 0 Å². The number of nitrogens with one attached hydrogen (secondary N) is 1. The lowest BCUT2D eigenvalue weighted by Crippen LogP contribution is -2.40. The number of aromatic nitrogens is 1. The number of nitrogens with zero attached hydrogens (tertiary/aromatic N) is 2. The molecule has 1 N–H and O–H groups in total. The zero-order chi connectivity index (χ0) is 15.3. The Morgan fingerprint density at radius 1 is 1.38 bits per heavy atom. The number of hydrogen-bond acceptors (Lipinski definition) is 4. The van der Waals surface area contributed by atoms with Gasteiger partial charge in [-0.3, -0.25) is 4.98 Å². The van der Waals surface area contributed by atoms with Crippen molar-refractivity contribution in [1.29, 1.82) is 0 Å². The molecule has 1 fully saturated rings. The average molecular weight is 291 g/mol. The maximum absolute atomic E-state index is 6.07. The summed E-state index contributed by atoms with van der Waals surface area (Å²) in [6, 6.07) is 2.57. The standard InChI is InChI=1S/C17H29N3O/c1-17(2,3)19-11-14-8-9-18-12-16(14)21-13-15-7-5-6-10-20(15)4/h8-9,12,15,19H,5-7,10-11,13H2,1-4H3.